The maximum Gasteiger partial charge on any atom is 0.264 e. The average molecular weight is 483 g/mol. The largest absolute Gasteiger partial charge is 0.493 e. The van der Waals surface area contributed by atoms with Crippen LogP contribution in [0.3, 0.4) is 0 Å². The van der Waals surface area contributed by atoms with Crippen LogP contribution in [0.4, 0.5) is 11.4 Å². The lowest BCUT2D eigenvalue weighted by Crippen LogP contribution is -2.35. The molecule has 0 bridgehead atoms. The first kappa shape index (κ1) is 23.4. The quantitative estimate of drug-likeness (QED) is 0.545. The number of amides is 1. The van der Waals surface area contributed by atoms with E-state index in [0.717, 1.165) is 18.4 Å². The summed E-state index contributed by atoms with van der Waals surface area (Å²) in [7, 11) is 0.702. The van der Waals surface area contributed by atoms with Crippen LogP contribution in [0.25, 0.3) is 0 Å². The standard InChI is InChI=1S/C25H26N2O6S/c1-31-22-15-18(16-23(32-2)24(22)33-3)25(28)26-19-10-12-20(13-11-19)34(29,30)27-14-6-8-17-7-4-5-9-21(17)27/h4-5,7,9-13,15-16H,6,8,14H2,1-3H3,(H,26,28). The molecule has 0 radical (unpaired) electrons. The lowest BCUT2D eigenvalue weighted by Gasteiger charge is -2.30. The van der Waals surface area contributed by atoms with Gasteiger partial charge in [-0.25, -0.2) is 8.42 Å². The lowest BCUT2D eigenvalue weighted by molar-refractivity contribution is 0.102. The Morgan fingerprint density at radius 3 is 2.18 bits per heavy atom. The Bertz CT molecular complexity index is 1280. The first-order valence-electron chi connectivity index (χ1n) is 10.7. The van der Waals surface area contributed by atoms with Crippen molar-refractivity contribution in [3.8, 4) is 17.2 Å². The Morgan fingerprint density at radius 1 is 0.912 bits per heavy atom. The van der Waals surface area contributed by atoms with Crippen molar-refractivity contribution in [2.24, 2.45) is 0 Å². The number of sulfonamides is 1. The fraction of sp³-hybridized carbons (Fsp3) is 0.240. The predicted octanol–water partition coefficient (Wildman–Crippen LogP) is 4.11. The van der Waals surface area contributed by atoms with Gasteiger partial charge in [-0.3, -0.25) is 9.10 Å². The van der Waals surface area contributed by atoms with Crippen molar-refractivity contribution in [3.63, 3.8) is 0 Å². The van der Waals surface area contributed by atoms with Crippen LogP contribution in [0.1, 0.15) is 22.3 Å². The van der Waals surface area contributed by atoms with E-state index < -0.39 is 15.9 Å². The van der Waals surface area contributed by atoms with Crippen LogP contribution in [0, 0.1) is 0 Å². The van der Waals surface area contributed by atoms with Crippen molar-refractivity contribution in [2.75, 3.05) is 37.5 Å². The Hall–Kier alpha value is -3.72. The highest BCUT2D eigenvalue weighted by Crippen LogP contribution is 2.38. The summed E-state index contributed by atoms with van der Waals surface area (Å²) >= 11 is 0. The van der Waals surface area contributed by atoms with Gasteiger partial charge in [-0.2, -0.15) is 0 Å². The molecule has 1 amide bonds. The van der Waals surface area contributed by atoms with Crippen molar-refractivity contribution in [3.05, 3.63) is 71.8 Å². The number of fused-ring (bicyclic) bond motifs is 1. The third-order valence-corrected chi connectivity index (χ3v) is 7.52. The molecule has 178 valence electrons. The highest BCUT2D eigenvalue weighted by Gasteiger charge is 2.28. The van der Waals surface area contributed by atoms with E-state index in [1.165, 1.54) is 37.8 Å². The summed E-state index contributed by atoms with van der Waals surface area (Å²) in [6.07, 6.45) is 1.62. The van der Waals surface area contributed by atoms with E-state index >= 15 is 0 Å². The van der Waals surface area contributed by atoms with E-state index in [4.69, 9.17) is 14.2 Å². The minimum Gasteiger partial charge on any atom is -0.493 e. The lowest BCUT2D eigenvalue weighted by atomic mass is 10.0. The number of benzene rings is 3. The minimum absolute atomic E-state index is 0.162. The summed E-state index contributed by atoms with van der Waals surface area (Å²) in [4.78, 5) is 13.0. The zero-order chi connectivity index (χ0) is 24.3. The molecule has 0 aliphatic carbocycles. The fourth-order valence-electron chi connectivity index (χ4n) is 4.00. The summed E-state index contributed by atoms with van der Waals surface area (Å²) in [5, 5.41) is 2.77. The van der Waals surface area contributed by atoms with Gasteiger partial charge in [-0.15, -0.1) is 0 Å². The van der Waals surface area contributed by atoms with Crippen molar-refractivity contribution in [2.45, 2.75) is 17.7 Å². The van der Waals surface area contributed by atoms with Gasteiger partial charge in [-0.1, -0.05) is 18.2 Å². The number of para-hydroxylation sites is 1. The molecule has 3 aromatic carbocycles. The number of ether oxygens (including phenoxy) is 3. The number of rotatable bonds is 7. The molecule has 4 rings (SSSR count). The molecule has 34 heavy (non-hydrogen) atoms. The fourth-order valence-corrected chi connectivity index (χ4v) is 5.54. The number of hydrogen-bond acceptors (Lipinski definition) is 6. The molecular weight excluding hydrogens is 456 g/mol. The first-order chi connectivity index (χ1) is 16.4. The minimum atomic E-state index is -3.72. The second-order valence-electron chi connectivity index (χ2n) is 7.70. The number of aryl methyl sites for hydroxylation is 1. The highest BCUT2D eigenvalue weighted by atomic mass is 32.2. The third kappa shape index (κ3) is 4.38. The molecule has 1 aliphatic heterocycles. The monoisotopic (exact) mass is 482 g/mol. The Balaban J connectivity index is 1.55. The molecule has 9 heteroatoms. The van der Waals surface area contributed by atoms with E-state index in [2.05, 4.69) is 5.32 Å². The molecule has 0 saturated heterocycles. The van der Waals surface area contributed by atoms with Gasteiger partial charge in [0.15, 0.2) is 11.5 Å². The maximum absolute atomic E-state index is 13.3. The number of carbonyl (C=O) groups excluding carboxylic acids is 1. The predicted molar refractivity (Wildman–Crippen MR) is 130 cm³/mol. The van der Waals surface area contributed by atoms with Crippen LogP contribution < -0.4 is 23.8 Å². The van der Waals surface area contributed by atoms with Gasteiger partial charge in [-0.05, 0) is 60.9 Å². The van der Waals surface area contributed by atoms with Crippen LogP contribution in [-0.4, -0.2) is 42.2 Å². The summed E-state index contributed by atoms with van der Waals surface area (Å²) < 4.78 is 43.9. The van der Waals surface area contributed by atoms with E-state index in [0.29, 0.717) is 40.7 Å². The zero-order valence-electron chi connectivity index (χ0n) is 19.2. The molecule has 1 aliphatic rings. The van der Waals surface area contributed by atoms with Crippen LogP contribution in [0.2, 0.25) is 0 Å². The molecule has 0 fully saturated rings. The Morgan fingerprint density at radius 2 is 1.56 bits per heavy atom. The molecule has 3 aromatic rings. The number of methoxy groups -OCH3 is 3. The second-order valence-corrected chi connectivity index (χ2v) is 9.56. The number of nitrogens with zero attached hydrogens (tertiary/aromatic N) is 1. The number of hydrogen-bond donors (Lipinski definition) is 1. The second kappa shape index (κ2) is 9.64. The zero-order valence-corrected chi connectivity index (χ0v) is 20.0. The van der Waals surface area contributed by atoms with E-state index in [-0.39, 0.29) is 4.90 Å². The molecule has 0 saturated carbocycles. The van der Waals surface area contributed by atoms with Gasteiger partial charge >= 0.3 is 0 Å². The molecular formula is C25H26N2O6S. The molecule has 1 N–H and O–H groups in total. The SMILES string of the molecule is COc1cc(C(=O)Nc2ccc(S(=O)(=O)N3CCCc4ccccc43)cc2)cc(OC)c1OC. The highest BCUT2D eigenvalue weighted by molar-refractivity contribution is 7.92. The van der Waals surface area contributed by atoms with Crippen LogP contribution in [0.5, 0.6) is 17.2 Å². The van der Waals surface area contributed by atoms with Crippen LogP contribution >= 0.6 is 0 Å². The number of carbonyl (C=O) groups is 1. The maximum atomic E-state index is 13.3. The van der Waals surface area contributed by atoms with Gasteiger partial charge in [0.2, 0.25) is 5.75 Å². The molecule has 0 unspecified atom stereocenters. The molecule has 8 nitrogen and oxygen atoms in total. The molecule has 1 heterocycles. The topological polar surface area (TPSA) is 94.2 Å². The summed E-state index contributed by atoms with van der Waals surface area (Å²) in [5.74, 6) is 0.695. The van der Waals surface area contributed by atoms with Crippen molar-refractivity contribution < 1.29 is 27.4 Å². The average Bonchev–Trinajstić information content (AvgIpc) is 2.87. The first-order valence-corrected chi connectivity index (χ1v) is 12.1. The van der Waals surface area contributed by atoms with Crippen molar-refractivity contribution >= 4 is 27.3 Å². The summed E-state index contributed by atoms with van der Waals surface area (Å²) in [5.41, 5.74) is 2.49. The van der Waals surface area contributed by atoms with E-state index in [9.17, 15) is 13.2 Å². The molecule has 0 atom stereocenters. The van der Waals surface area contributed by atoms with Gasteiger partial charge in [0.1, 0.15) is 0 Å². The van der Waals surface area contributed by atoms with Gasteiger partial charge in [0.05, 0.1) is 31.9 Å². The normalized spacial score (nSPS) is 13.1. The summed E-state index contributed by atoms with van der Waals surface area (Å²) in [6.45, 7) is 0.430. The van der Waals surface area contributed by atoms with Crippen molar-refractivity contribution in [1.29, 1.82) is 0 Å². The number of anilines is 2. The summed E-state index contributed by atoms with van der Waals surface area (Å²) in [6, 6.07) is 16.8. The molecule has 0 aromatic heterocycles. The van der Waals surface area contributed by atoms with Gasteiger partial charge < -0.3 is 19.5 Å². The van der Waals surface area contributed by atoms with E-state index in [1.54, 1.807) is 24.3 Å². The van der Waals surface area contributed by atoms with Crippen molar-refractivity contribution in [1.82, 2.24) is 0 Å². The number of nitrogens with one attached hydrogen (secondary N) is 1. The van der Waals surface area contributed by atoms with Gasteiger partial charge in [0, 0.05) is 17.8 Å². The molecule has 0 spiro atoms. The van der Waals surface area contributed by atoms with E-state index in [1.807, 2.05) is 24.3 Å². The van der Waals surface area contributed by atoms with Crippen LogP contribution in [-0.2, 0) is 16.4 Å². The van der Waals surface area contributed by atoms with Crippen LogP contribution in [0.15, 0.2) is 65.6 Å². The smallest absolute Gasteiger partial charge is 0.264 e. The van der Waals surface area contributed by atoms with Gasteiger partial charge in [0.25, 0.3) is 15.9 Å². The Kier molecular flexibility index (Phi) is 6.65. The third-order valence-electron chi connectivity index (χ3n) is 5.69. The Labute approximate surface area is 199 Å².